The predicted octanol–water partition coefficient (Wildman–Crippen LogP) is 5.16. The van der Waals surface area contributed by atoms with Gasteiger partial charge in [-0.2, -0.15) is 0 Å². The molecule has 1 atom stereocenters. The summed E-state index contributed by atoms with van der Waals surface area (Å²) in [6.07, 6.45) is -0.678. The second-order valence-corrected chi connectivity index (χ2v) is 6.09. The quantitative estimate of drug-likeness (QED) is 0.785. The Morgan fingerprint density at radius 1 is 1.24 bits per heavy atom. The molecule has 6 heteroatoms. The van der Waals surface area contributed by atoms with E-state index in [2.05, 4.69) is 21.2 Å². The van der Waals surface area contributed by atoms with E-state index in [9.17, 15) is 4.79 Å². The largest absolute Gasteiger partial charge is 0.481 e. The Morgan fingerprint density at radius 2 is 2.00 bits per heavy atom. The lowest BCUT2D eigenvalue weighted by atomic mass is 10.3. The second kappa shape index (κ2) is 7.16. The third-order valence-electron chi connectivity index (χ3n) is 2.67. The van der Waals surface area contributed by atoms with Crippen LogP contribution in [0.5, 0.6) is 5.75 Å². The van der Waals surface area contributed by atoms with Crippen molar-refractivity contribution >= 4 is 50.7 Å². The smallest absolute Gasteiger partial charge is 0.265 e. The number of carbonyl (C=O) groups is 1. The molecule has 0 aromatic heterocycles. The minimum Gasteiger partial charge on any atom is -0.481 e. The molecule has 0 aliphatic carbocycles. The van der Waals surface area contributed by atoms with Crippen molar-refractivity contribution in [1.82, 2.24) is 0 Å². The Balaban J connectivity index is 2.02. The molecule has 0 spiro atoms. The molecule has 0 saturated heterocycles. The summed E-state index contributed by atoms with van der Waals surface area (Å²) in [5.74, 6) is 0.242. The lowest BCUT2D eigenvalue weighted by molar-refractivity contribution is -0.122. The molecule has 110 valence electrons. The lowest BCUT2D eigenvalue weighted by Crippen LogP contribution is -2.30. The maximum atomic E-state index is 12.1. The summed E-state index contributed by atoms with van der Waals surface area (Å²) in [6.45, 7) is 1.66. The number of rotatable bonds is 4. The molecule has 0 radical (unpaired) electrons. The van der Waals surface area contributed by atoms with Gasteiger partial charge in [0.25, 0.3) is 5.91 Å². The van der Waals surface area contributed by atoms with Crippen LogP contribution in [-0.2, 0) is 4.79 Å². The van der Waals surface area contributed by atoms with Gasteiger partial charge in [-0.3, -0.25) is 4.79 Å². The van der Waals surface area contributed by atoms with E-state index in [0.29, 0.717) is 21.5 Å². The monoisotopic (exact) mass is 387 g/mol. The van der Waals surface area contributed by atoms with Crippen LogP contribution in [0.4, 0.5) is 5.69 Å². The number of hydrogen-bond acceptors (Lipinski definition) is 2. The van der Waals surface area contributed by atoms with Crippen molar-refractivity contribution < 1.29 is 9.53 Å². The summed E-state index contributed by atoms with van der Waals surface area (Å²) in [5.41, 5.74) is 0.534. The van der Waals surface area contributed by atoms with E-state index >= 15 is 0 Å². The van der Waals surface area contributed by atoms with Gasteiger partial charge in [0.2, 0.25) is 0 Å². The number of halogens is 3. The Labute approximate surface area is 141 Å². The third kappa shape index (κ3) is 4.63. The van der Waals surface area contributed by atoms with Crippen molar-refractivity contribution in [2.24, 2.45) is 0 Å². The van der Waals surface area contributed by atoms with Crippen LogP contribution in [-0.4, -0.2) is 12.0 Å². The van der Waals surface area contributed by atoms with E-state index in [0.717, 1.165) is 4.47 Å². The fourth-order valence-electron chi connectivity index (χ4n) is 1.62. The zero-order valence-electron chi connectivity index (χ0n) is 11.1. The highest BCUT2D eigenvalue weighted by molar-refractivity contribution is 9.10. The summed E-state index contributed by atoms with van der Waals surface area (Å²) in [5, 5.41) is 3.73. The van der Waals surface area contributed by atoms with Crippen LogP contribution in [0.25, 0.3) is 0 Å². The zero-order chi connectivity index (χ0) is 15.4. The summed E-state index contributed by atoms with van der Waals surface area (Å²) in [7, 11) is 0. The predicted molar refractivity (Wildman–Crippen MR) is 89.3 cm³/mol. The van der Waals surface area contributed by atoms with Gasteiger partial charge in [-0.25, -0.2) is 0 Å². The number of ether oxygens (including phenoxy) is 1. The highest BCUT2D eigenvalue weighted by Gasteiger charge is 2.16. The van der Waals surface area contributed by atoms with Crippen molar-refractivity contribution in [3.05, 3.63) is 57.0 Å². The van der Waals surface area contributed by atoms with E-state index in [1.807, 2.05) is 0 Å². The molecule has 2 rings (SSSR count). The van der Waals surface area contributed by atoms with Gasteiger partial charge in [0.15, 0.2) is 6.10 Å². The molecular formula is C15H12BrCl2NO2. The average molecular weight is 389 g/mol. The van der Waals surface area contributed by atoms with E-state index in [4.69, 9.17) is 27.9 Å². The molecule has 2 aromatic rings. The molecule has 0 fully saturated rings. The lowest BCUT2D eigenvalue weighted by Gasteiger charge is -2.15. The van der Waals surface area contributed by atoms with Gasteiger partial charge >= 0.3 is 0 Å². The molecule has 0 heterocycles. The number of nitrogens with one attached hydrogen (secondary N) is 1. The van der Waals surface area contributed by atoms with Gasteiger partial charge in [0.1, 0.15) is 5.75 Å². The molecule has 0 bridgehead atoms. The fraction of sp³-hybridized carbons (Fsp3) is 0.133. The topological polar surface area (TPSA) is 38.3 Å². The normalized spacial score (nSPS) is 11.8. The molecule has 0 aliphatic rings. The molecular weight excluding hydrogens is 377 g/mol. The molecule has 3 nitrogen and oxygen atoms in total. The number of anilines is 1. The van der Waals surface area contributed by atoms with Gasteiger partial charge in [-0.1, -0.05) is 45.2 Å². The first-order valence-corrected chi connectivity index (χ1v) is 7.69. The Hall–Kier alpha value is -1.23. The molecule has 0 aliphatic heterocycles. The standard InChI is InChI=1S/C15H12BrCl2NO2/c1-9(21-12-4-2-3-11(17)8-12)15(20)19-14-6-5-10(16)7-13(14)18/h2-9H,1H3,(H,19,20). The van der Waals surface area contributed by atoms with Gasteiger partial charge in [0, 0.05) is 9.50 Å². The zero-order valence-corrected chi connectivity index (χ0v) is 14.2. The Bertz CT molecular complexity index is 664. The van der Waals surface area contributed by atoms with Crippen LogP contribution in [0.3, 0.4) is 0 Å². The van der Waals surface area contributed by atoms with Gasteiger partial charge in [-0.15, -0.1) is 0 Å². The van der Waals surface area contributed by atoms with Gasteiger partial charge in [0.05, 0.1) is 10.7 Å². The molecule has 1 amide bonds. The van der Waals surface area contributed by atoms with Crippen LogP contribution >= 0.6 is 39.1 Å². The van der Waals surface area contributed by atoms with Crippen molar-refractivity contribution in [3.63, 3.8) is 0 Å². The average Bonchev–Trinajstić information content (AvgIpc) is 2.41. The molecule has 1 unspecified atom stereocenters. The Morgan fingerprint density at radius 3 is 2.67 bits per heavy atom. The fourth-order valence-corrected chi connectivity index (χ4v) is 2.52. The van der Waals surface area contributed by atoms with Crippen LogP contribution in [0.2, 0.25) is 10.0 Å². The number of hydrogen-bond donors (Lipinski definition) is 1. The number of amides is 1. The van der Waals surface area contributed by atoms with Crippen LogP contribution in [0.15, 0.2) is 46.9 Å². The van der Waals surface area contributed by atoms with E-state index in [1.54, 1.807) is 49.4 Å². The van der Waals surface area contributed by atoms with E-state index < -0.39 is 6.10 Å². The summed E-state index contributed by atoms with van der Waals surface area (Å²) < 4.78 is 6.39. The molecule has 2 aromatic carbocycles. The van der Waals surface area contributed by atoms with Crippen molar-refractivity contribution in [2.45, 2.75) is 13.0 Å². The Kier molecular flexibility index (Phi) is 5.51. The SMILES string of the molecule is CC(Oc1cccc(Cl)c1)C(=O)Nc1ccc(Br)cc1Cl. The first-order valence-electron chi connectivity index (χ1n) is 6.14. The minimum atomic E-state index is -0.678. The third-order valence-corrected chi connectivity index (χ3v) is 3.71. The second-order valence-electron chi connectivity index (χ2n) is 4.33. The highest BCUT2D eigenvalue weighted by Crippen LogP contribution is 2.26. The first kappa shape index (κ1) is 16.1. The van der Waals surface area contributed by atoms with Crippen molar-refractivity contribution in [2.75, 3.05) is 5.32 Å². The van der Waals surface area contributed by atoms with E-state index in [-0.39, 0.29) is 5.91 Å². The molecule has 0 saturated carbocycles. The van der Waals surface area contributed by atoms with Crippen LogP contribution in [0, 0.1) is 0 Å². The van der Waals surface area contributed by atoms with Gasteiger partial charge < -0.3 is 10.1 Å². The van der Waals surface area contributed by atoms with Crippen molar-refractivity contribution in [3.8, 4) is 5.75 Å². The van der Waals surface area contributed by atoms with Crippen LogP contribution in [0.1, 0.15) is 6.92 Å². The first-order chi connectivity index (χ1) is 9.95. The number of carbonyl (C=O) groups excluding carboxylic acids is 1. The maximum Gasteiger partial charge on any atom is 0.265 e. The maximum absolute atomic E-state index is 12.1. The summed E-state index contributed by atoms with van der Waals surface area (Å²) in [4.78, 5) is 12.1. The van der Waals surface area contributed by atoms with Crippen molar-refractivity contribution in [1.29, 1.82) is 0 Å². The molecule has 1 N–H and O–H groups in total. The minimum absolute atomic E-state index is 0.292. The summed E-state index contributed by atoms with van der Waals surface area (Å²) in [6, 6.07) is 12.1. The van der Waals surface area contributed by atoms with Crippen LogP contribution < -0.4 is 10.1 Å². The van der Waals surface area contributed by atoms with E-state index in [1.165, 1.54) is 0 Å². The summed E-state index contributed by atoms with van der Waals surface area (Å²) >= 11 is 15.2. The number of benzene rings is 2. The highest BCUT2D eigenvalue weighted by atomic mass is 79.9. The van der Waals surface area contributed by atoms with Gasteiger partial charge in [-0.05, 0) is 43.3 Å². The molecule has 21 heavy (non-hydrogen) atoms.